The molecule has 24 heavy (non-hydrogen) atoms. The van der Waals surface area contributed by atoms with Crippen LogP contribution in [0.2, 0.25) is 0 Å². The van der Waals surface area contributed by atoms with Crippen LogP contribution in [0.15, 0.2) is 48.5 Å². The zero-order chi connectivity index (χ0) is 16.2. The van der Waals surface area contributed by atoms with Gasteiger partial charge in [0.1, 0.15) is 5.01 Å². The average molecular weight is 341 g/mol. The molecule has 0 saturated carbocycles. The predicted molar refractivity (Wildman–Crippen MR) is 91.7 cm³/mol. The first-order valence-corrected chi connectivity index (χ1v) is 8.88. The monoisotopic (exact) mass is 341 g/mol. The highest BCUT2D eigenvalue weighted by atomic mass is 32.1. The van der Waals surface area contributed by atoms with Gasteiger partial charge in [0, 0.05) is 55.6 Å². The number of imidazole rings is 1. The quantitative estimate of drug-likeness (QED) is 0.713. The second-order valence-corrected chi connectivity index (χ2v) is 6.96. The van der Waals surface area contributed by atoms with Gasteiger partial charge in [0.2, 0.25) is 5.88 Å². The minimum Gasteiger partial charge on any atom is -0.477 e. The fourth-order valence-electron chi connectivity index (χ4n) is 3.02. The largest absolute Gasteiger partial charge is 0.477 e. The normalized spacial score (nSPS) is 18.1. The van der Waals surface area contributed by atoms with E-state index in [9.17, 15) is 0 Å². The lowest BCUT2D eigenvalue weighted by molar-refractivity contribution is 0.164. The molecule has 1 atom stereocenters. The second kappa shape index (κ2) is 7.11. The Morgan fingerprint density at radius 2 is 2.21 bits per heavy atom. The molecule has 3 aromatic heterocycles. The number of pyridine rings is 1. The zero-order valence-electron chi connectivity index (χ0n) is 13.3. The third kappa shape index (κ3) is 3.63. The molecule has 4 heterocycles. The summed E-state index contributed by atoms with van der Waals surface area (Å²) in [4.78, 5) is 15.4. The molecule has 0 fully saturated rings. The van der Waals surface area contributed by atoms with Crippen molar-refractivity contribution < 1.29 is 4.74 Å². The van der Waals surface area contributed by atoms with Gasteiger partial charge in [-0.05, 0) is 6.07 Å². The molecule has 0 aromatic carbocycles. The number of hydrogen-bond donors (Lipinski definition) is 0. The molecular weight excluding hydrogens is 322 g/mol. The number of hydrogen-bond acceptors (Lipinski definition) is 6. The number of ether oxygens (including phenoxy) is 1. The fraction of sp³-hybridized carbons (Fsp3) is 0.353. The molecule has 0 spiro atoms. The molecule has 1 aliphatic heterocycles. The lowest BCUT2D eigenvalue weighted by atomic mass is 10.1. The van der Waals surface area contributed by atoms with Crippen molar-refractivity contribution in [3.05, 3.63) is 59.2 Å². The number of nitrogens with zero attached hydrogens (tertiary/aromatic N) is 5. The van der Waals surface area contributed by atoms with Crippen molar-refractivity contribution in [1.29, 1.82) is 0 Å². The Hall–Kier alpha value is -2.25. The number of rotatable bonds is 5. The van der Waals surface area contributed by atoms with Gasteiger partial charge in [0.15, 0.2) is 0 Å². The first-order chi connectivity index (χ1) is 11.9. The van der Waals surface area contributed by atoms with Crippen molar-refractivity contribution in [2.75, 3.05) is 13.2 Å². The van der Waals surface area contributed by atoms with E-state index in [0.29, 0.717) is 18.4 Å². The third-order valence-corrected chi connectivity index (χ3v) is 4.87. The first-order valence-electron chi connectivity index (χ1n) is 8.00. The van der Waals surface area contributed by atoms with Gasteiger partial charge in [-0.2, -0.15) is 0 Å². The van der Waals surface area contributed by atoms with Crippen molar-refractivity contribution in [1.82, 2.24) is 24.4 Å². The van der Waals surface area contributed by atoms with E-state index in [4.69, 9.17) is 4.74 Å². The molecular formula is C17H19N5OS. The van der Waals surface area contributed by atoms with Gasteiger partial charge in [-0.15, -0.1) is 11.3 Å². The Bertz CT molecular complexity index is 758. The number of fused-ring (bicyclic) bond motifs is 1. The van der Waals surface area contributed by atoms with E-state index < -0.39 is 0 Å². The van der Waals surface area contributed by atoms with Gasteiger partial charge in [-0.3, -0.25) is 4.90 Å². The van der Waals surface area contributed by atoms with E-state index in [1.54, 1.807) is 17.5 Å². The minimum atomic E-state index is 0.377. The van der Waals surface area contributed by atoms with E-state index in [1.807, 2.05) is 42.3 Å². The number of thiazole rings is 1. The Kier molecular flexibility index (Phi) is 4.53. The first kappa shape index (κ1) is 15.3. The Morgan fingerprint density at radius 3 is 3.04 bits per heavy atom. The lowest BCUT2D eigenvalue weighted by Crippen LogP contribution is -2.30. The standard InChI is InChI=1S/C17H19N5OS/c1-2-4-19-16(3-1)23-12-14-8-21(11-17-20-5-6-24-17)10-15-7-18-13-22(15)9-14/h1-7,13-14H,8-12H2. The van der Waals surface area contributed by atoms with Crippen molar-refractivity contribution in [3.8, 4) is 5.88 Å². The Labute approximate surface area is 144 Å². The van der Waals surface area contributed by atoms with Gasteiger partial charge in [-0.1, -0.05) is 6.07 Å². The summed E-state index contributed by atoms with van der Waals surface area (Å²) in [5.41, 5.74) is 1.24. The molecule has 0 saturated heterocycles. The molecule has 1 unspecified atom stereocenters. The summed E-state index contributed by atoms with van der Waals surface area (Å²) in [5, 5.41) is 3.17. The minimum absolute atomic E-state index is 0.377. The van der Waals surface area contributed by atoms with Gasteiger partial charge in [-0.25, -0.2) is 15.0 Å². The SMILES string of the molecule is c1ccc(OCC2CN(Cc3nccs3)Cc3cncn3C2)nc1. The molecule has 124 valence electrons. The van der Waals surface area contributed by atoms with E-state index in [1.165, 1.54) is 5.69 Å². The van der Waals surface area contributed by atoms with E-state index in [-0.39, 0.29) is 0 Å². The fourth-order valence-corrected chi connectivity index (χ4v) is 3.68. The summed E-state index contributed by atoms with van der Waals surface area (Å²) >= 11 is 1.70. The molecule has 0 amide bonds. The van der Waals surface area contributed by atoms with Crippen LogP contribution in [-0.4, -0.2) is 37.6 Å². The van der Waals surface area contributed by atoms with Gasteiger partial charge >= 0.3 is 0 Å². The van der Waals surface area contributed by atoms with Crippen molar-refractivity contribution in [2.24, 2.45) is 5.92 Å². The van der Waals surface area contributed by atoms with Crippen molar-refractivity contribution >= 4 is 11.3 Å². The highest BCUT2D eigenvalue weighted by Crippen LogP contribution is 2.20. The van der Waals surface area contributed by atoms with Crippen LogP contribution < -0.4 is 4.74 Å². The van der Waals surface area contributed by atoms with Crippen molar-refractivity contribution in [3.63, 3.8) is 0 Å². The lowest BCUT2D eigenvalue weighted by Gasteiger charge is -2.23. The highest BCUT2D eigenvalue weighted by Gasteiger charge is 2.23. The summed E-state index contributed by atoms with van der Waals surface area (Å²) in [6.45, 7) is 4.27. The highest BCUT2D eigenvalue weighted by molar-refractivity contribution is 7.09. The van der Waals surface area contributed by atoms with Crippen LogP contribution in [-0.2, 0) is 19.6 Å². The van der Waals surface area contributed by atoms with Gasteiger partial charge < -0.3 is 9.30 Å². The van der Waals surface area contributed by atoms with Crippen LogP contribution in [0.25, 0.3) is 0 Å². The van der Waals surface area contributed by atoms with Crippen LogP contribution in [0.4, 0.5) is 0 Å². The zero-order valence-corrected chi connectivity index (χ0v) is 14.1. The molecule has 1 aliphatic rings. The van der Waals surface area contributed by atoms with Crippen LogP contribution in [0.5, 0.6) is 5.88 Å². The second-order valence-electron chi connectivity index (χ2n) is 5.98. The third-order valence-electron chi connectivity index (χ3n) is 4.10. The average Bonchev–Trinajstić information content (AvgIpc) is 3.23. The van der Waals surface area contributed by atoms with Crippen LogP contribution in [0.1, 0.15) is 10.7 Å². The topological polar surface area (TPSA) is 56.1 Å². The molecule has 0 aliphatic carbocycles. The summed E-state index contributed by atoms with van der Waals surface area (Å²) < 4.78 is 8.12. The summed E-state index contributed by atoms with van der Waals surface area (Å²) in [6.07, 6.45) is 7.49. The Morgan fingerprint density at radius 1 is 1.21 bits per heavy atom. The molecule has 0 N–H and O–H groups in total. The maximum atomic E-state index is 5.89. The van der Waals surface area contributed by atoms with Crippen LogP contribution >= 0.6 is 11.3 Å². The van der Waals surface area contributed by atoms with E-state index in [2.05, 4.69) is 24.4 Å². The molecule has 4 rings (SSSR count). The maximum absolute atomic E-state index is 5.89. The smallest absolute Gasteiger partial charge is 0.213 e. The maximum Gasteiger partial charge on any atom is 0.213 e. The van der Waals surface area contributed by atoms with Crippen LogP contribution in [0.3, 0.4) is 0 Å². The summed E-state index contributed by atoms with van der Waals surface area (Å²) in [7, 11) is 0. The van der Waals surface area contributed by atoms with Gasteiger partial charge in [0.25, 0.3) is 0 Å². The van der Waals surface area contributed by atoms with Gasteiger partial charge in [0.05, 0.1) is 25.2 Å². The molecule has 3 aromatic rings. The predicted octanol–water partition coefficient (Wildman–Crippen LogP) is 2.45. The van der Waals surface area contributed by atoms with Crippen LogP contribution in [0, 0.1) is 5.92 Å². The Balaban J connectivity index is 1.46. The van der Waals surface area contributed by atoms with E-state index in [0.717, 1.165) is 31.2 Å². The molecule has 7 heteroatoms. The summed E-state index contributed by atoms with van der Waals surface area (Å²) in [5.74, 6) is 1.06. The molecule has 0 radical (unpaired) electrons. The van der Waals surface area contributed by atoms with Crippen molar-refractivity contribution in [2.45, 2.75) is 19.6 Å². The van der Waals surface area contributed by atoms with E-state index >= 15 is 0 Å². The molecule has 6 nitrogen and oxygen atoms in total. The number of aromatic nitrogens is 4. The summed E-state index contributed by atoms with van der Waals surface area (Å²) in [6, 6.07) is 5.73. The molecule has 0 bridgehead atoms.